The van der Waals surface area contributed by atoms with E-state index in [0.29, 0.717) is 0 Å². The second kappa shape index (κ2) is 3.24. The van der Waals surface area contributed by atoms with Crippen LogP contribution in [-0.4, -0.2) is 16.5 Å². The van der Waals surface area contributed by atoms with Crippen LogP contribution in [0.3, 0.4) is 0 Å². The highest BCUT2D eigenvalue weighted by molar-refractivity contribution is 5.53. The molecule has 0 aliphatic carbocycles. The molecule has 0 amide bonds. The molecule has 0 spiro atoms. The molecule has 2 heteroatoms. The lowest BCUT2D eigenvalue weighted by atomic mass is 9.93. The molecule has 2 nitrogen and oxygen atoms in total. The van der Waals surface area contributed by atoms with Gasteiger partial charge in [-0.15, -0.1) is 0 Å². The predicted molar refractivity (Wildman–Crippen MR) is 46.9 cm³/mol. The Bertz CT molecular complexity index is 165. The lowest BCUT2D eigenvalue weighted by Gasteiger charge is -2.22. The summed E-state index contributed by atoms with van der Waals surface area (Å²) in [7, 11) is 0. The van der Waals surface area contributed by atoms with Gasteiger partial charge < -0.3 is 5.21 Å². The third-order valence-corrected chi connectivity index (χ3v) is 2.58. The van der Waals surface area contributed by atoms with Gasteiger partial charge >= 0.3 is 0 Å². The summed E-state index contributed by atoms with van der Waals surface area (Å²) in [5, 5.41) is 11.3. The molecule has 1 aliphatic heterocycles. The van der Waals surface area contributed by atoms with Crippen molar-refractivity contribution in [1.29, 1.82) is 0 Å². The summed E-state index contributed by atoms with van der Waals surface area (Å²) in [6.45, 7) is 4.23. The Labute approximate surface area is 68.5 Å². The molecule has 0 aromatic heterocycles. The van der Waals surface area contributed by atoms with E-state index >= 15 is 0 Å². The van der Waals surface area contributed by atoms with Crippen LogP contribution in [0.2, 0.25) is 0 Å². The Hall–Kier alpha value is -0.530. The van der Waals surface area contributed by atoms with Crippen molar-refractivity contribution >= 4 is 6.21 Å². The fraction of sp³-hybridized carbons (Fsp3) is 0.889. The maximum Gasteiger partial charge on any atom is 0.170 e. The van der Waals surface area contributed by atoms with E-state index in [0.717, 1.165) is 24.0 Å². The number of unbranched alkanes of at least 4 members (excludes halogenated alkanes) is 1. The molecule has 11 heavy (non-hydrogen) atoms. The molecule has 0 fully saturated rings. The molecule has 1 rings (SSSR count). The molecule has 1 atom stereocenters. The summed E-state index contributed by atoms with van der Waals surface area (Å²) in [4.78, 5) is 0. The Morgan fingerprint density at radius 3 is 2.82 bits per heavy atom. The van der Waals surface area contributed by atoms with Crippen LogP contribution in [0.25, 0.3) is 0 Å². The molecule has 0 radical (unpaired) electrons. The van der Waals surface area contributed by atoms with Gasteiger partial charge in [0, 0.05) is 26.2 Å². The van der Waals surface area contributed by atoms with Gasteiger partial charge in [0.25, 0.3) is 0 Å². The maximum atomic E-state index is 11.3. The van der Waals surface area contributed by atoms with E-state index in [1.54, 1.807) is 6.21 Å². The molecule has 64 valence electrons. The van der Waals surface area contributed by atoms with Gasteiger partial charge in [-0.3, -0.25) is 0 Å². The average molecular weight is 155 g/mol. The van der Waals surface area contributed by atoms with Crippen molar-refractivity contribution in [3.8, 4) is 0 Å². The summed E-state index contributed by atoms with van der Waals surface area (Å²) in [6.07, 6.45) is 7.17. The zero-order valence-corrected chi connectivity index (χ0v) is 7.47. The molecule has 1 unspecified atom stereocenters. The van der Waals surface area contributed by atoms with Crippen LogP contribution in [0, 0.1) is 5.21 Å². The topological polar surface area (TPSA) is 26.1 Å². The first-order chi connectivity index (χ1) is 5.19. The van der Waals surface area contributed by atoms with E-state index in [2.05, 4.69) is 13.8 Å². The van der Waals surface area contributed by atoms with Gasteiger partial charge in [-0.2, -0.15) is 0 Å². The molecule has 0 bridgehead atoms. The van der Waals surface area contributed by atoms with Crippen LogP contribution in [0.1, 0.15) is 46.0 Å². The fourth-order valence-corrected chi connectivity index (χ4v) is 1.62. The summed E-state index contributed by atoms with van der Waals surface area (Å²) in [5.41, 5.74) is -0.0734. The number of hydrogen-bond acceptors (Lipinski definition) is 1. The number of hydrogen-bond donors (Lipinski definition) is 0. The Morgan fingerprint density at radius 2 is 2.36 bits per heavy atom. The van der Waals surface area contributed by atoms with Crippen molar-refractivity contribution in [3.05, 3.63) is 5.21 Å². The summed E-state index contributed by atoms with van der Waals surface area (Å²) < 4.78 is 1.16. The number of hydroxylamine groups is 1. The lowest BCUT2D eigenvalue weighted by Crippen LogP contribution is -2.31. The van der Waals surface area contributed by atoms with Gasteiger partial charge in [0.05, 0.1) is 0 Å². The van der Waals surface area contributed by atoms with E-state index in [4.69, 9.17) is 0 Å². The van der Waals surface area contributed by atoms with Crippen LogP contribution >= 0.6 is 0 Å². The highest BCUT2D eigenvalue weighted by atomic mass is 16.5. The summed E-state index contributed by atoms with van der Waals surface area (Å²) in [5.74, 6) is 0. The number of rotatable bonds is 3. The zero-order valence-electron chi connectivity index (χ0n) is 7.47. The van der Waals surface area contributed by atoms with Crippen molar-refractivity contribution in [2.24, 2.45) is 0 Å². The Morgan fingerprint density at radius 1 is 1.64 bits per heavy atom. The first-order valence-electron chi connectivity index (χ1n) is 4.49. The summed E-state index contributed by atoms with van der Waals surface area (Å²) >= 11 is 0. The standard InChI is InChI=1S/C9H17NO/c1-3-4-6-9(2)7-5-8-10(9)11/h8H,3-7H2,1-2H3. The molecular formula is C9H17NO. The quantitative estimate of drug-likeness (QED) is 0.453. The molecule has 0 N–H and O–H groups in total. The highest BCUT2D eigenvalue weighted by Crippen LogP contribution is 2.26. The van der Waals surface area contributed by atoms with Gasteiger partial charge in [-0.1, -0.05) is 13.3 Å². The van der Waals surface area contributed by atoms with E-state index in [9.17, 15) is 5.21 Å². The van der Waals surface area contributed by atoms with Crippen LogP contribution in [0.5, 0.6) is 0 Å². The number of nitrogens with zero attached hydrogens (tertiary/aromatic N) is 1. The van der Waals surface area contributed by atoms with Crippen LogP contribution < -0.4 is 0 Å². The van der Waals surface area contributed by atoms with Crippen LogP contribution in [0.4, 0.5) is 0 Å². The van der Waals surface area contributed by atoms with Gasteiger partial charge in [0.1, 0.15) is 0 Å². The molecule has 0 saturated carbocycles. The van der Waals surface area contributed by atoms with Gasteiger partial charge in [0.2, 0.25) is 0 Å². The van der Waals surface area contributed by atoms with E-state index in [1.807, 2.05) is 0 Å². The van der Waals surface area contributed by atoms with Crippen molar-refractivity contribution in [3.63, 3.8) is 0 Å². The summed E-state index contributed by atoms with van der Waals surface area (Å²) in [6, 6.07) is 0. The monoisotopic (exact) mass is 155 g/mol. The van der Waals surface area contributed by atoms with Gasteiger partial charge in [-0.05, 0) is 6.42 Å². The second-order valence-corrected chi connectivity index (χ2v) is 3.65. The average Bonchev–Trinajstić information content (AvgIpc) is 2.30. The largest absolute Gasteiger partial charge is 0.624 e. The molecule has 1 heterocycles. The minimum Gasteiger partial charge on any atom is -0.624 e. The Balaban J connectivity index is 2.46. The van der Waals surface area contributed by atoms with Crippen molar-refractivity contribution in [2.75, 3.05) is 0 Å². The van der Waals surface area contributed by atoms with Crippen LogP contribution in [0.15, 0.2) is 0 Å². The molecule has 0 aromatic rings. The smallest absolute Gasteiger partial charge is 0.170 e. The van der Waals surface area contributed by atoms with E-state index < -0.39 is 0 Å². The third-order valence-electron chi connectivity index (χ3n) is 2.58. The molecular weight excluding hydrogens is 138 g/mol. The first-order valence-corrected chi connectivity index (χ1v) is 4.49. The van der Waals surface area contributed by atoms with Crippen LogP contribution in [-0.2, 0) is 0 Å². The molecule has 0 saturated heterocycles. The fourth-order valence-electron chi connectivity index (χ4n) is 1.62. The van der Waals surface area contributed by atoms with Crippen molar-refractivity contribution in [2.45, 2.75) is 51.5 Å². The zero-order chi connectivity index (χ0) is 8.32. The Kier molecular flexibility index (Phi) is 2.53. The van der Waals surface area contributed by atoms with Crippen molar-refractivity contribution in [1.82, 2.24) is 0 Å². The minimum atomic E-state index is -0.0734. The third kappa shape index (κ3) is 1.73. The van der Waals surface area contributed by atoms with E-state index in [1.165, 1.54) is 12.8 Å². The minimum absolute atomic E-state index is 0.0734. The van der Waals surface area contributed by atoms with E-state index in [-0.39, 0.29) is 5.54 Å². The SMILES string of the molecule is CCCCC1(C)CCC=[N+]1[O-]. The van der Waals surface area contributed by atoms with Crippen molar-refractivity contribution < 1.29 is 4.74 Å². The lowest BCUT2D eigenvalue weighted by molar-refractivity contribution is -0.534. The van der Waals surface area contributed by atoms with Gasteiger partial charge in [-0.25, -0.2) is 4.74 Å². The second-order valence-electron chi connectivity index (χ2n) is 3.65. The normalized spacial score (nSPS) is 30.5. The molecule has 1 aliphatic rings. The van der Waals surface area contributed by atoms with Gasteiger partial charge in [0.15, 0.2) is 11.8 Å². The first kappa shape index (κ1) is 8.57. The predicted octanol–water partition coefficient (Wildman–Crippen LogP) is 2.31. The molecule has 0 aromatic carbocycles. The maximum absolute atomic E-state index is 11.3. The highest BCUT2D eigenvalue weighted by Gasteiger charge is 2.35.